The predicted octanol–water partition coefficient (Wildman–Crippen LogP) is 20.9. The van der Waals surface area contributed by atoms with E-state index < -0.39 is 6.10 Å². The summed E-state index contributed by atoms with van der Waals surface area (Å²) in [5, 5.41) is 0. The van der Waals surface area contributed by atoms with Crippen LogP contribution in [0.5, 0.6) is 0 Å². The van der Waals surface area contributed by atoms with Gasteiger partial charge in [-0.25, -0.2) is 0 Å². The lowest BCUT2D eigenvalue weighted by Gasteiger charge is -2.18. The molecular formula is C67H114O6. The van der Waals surface area contributed by atoms with Gasteiger partial charge >= 0.3 is 17.9 Å². The molecule has 0 aromatic heterocycles. The lowest BCUT2D eigenvalue weighted by molar-refractivity contribution is -0.167. The molecule has 0 aliphatic heterocycles. The Balaban J connectivity index is 4.11. The van der Waals surface area contributed by atoms with Gasteiger partial charge in [-0.2, -0.15) is 0 Å². The van der Waals surface area contributed by atoms with E-state index in [1.807, 2.05) is 0 Å². The van der Waals surface area contributed by atoms with Crippen molar-refractivity contribution in [3.05, 3.63) is 97.2 Å². The van der Waals surface area contributed by atoms with Crippen LogP contribution in [-0.2, 0) is 28.6 Å². The second kappa shape index (κ2) is 60.9. The first-order chi connectivity index (χ1) is 36.0. The highest BCUT2D eigenvalue weighted by Crippen LogP contribution is 2.16. The molecule has 0 amide bonds. The largest absolute Gasteiger partial charge is 0.462 e. The van der Waals surface area contributed by atoms with E-state index >= 15 is 0 Å². The summed E-state index contributed by atoms with van der Waals surface area (Å²) < 4.78 is 16.7. The van der Waals surface area contributed by atoms with Gasteiger partial charge < -0.3 is 14.2 Å². The normalized spacial score (nSPS) is 12.8. The smallest absolute Gasteiger partial charge is 0.306 e. The third-order valence-corrected chi connectivity index (χ3v) is 13.1. The fourth-order valence-electron chi connectivity index (χ4n) is 8.48. The van der Waals surface area contributed by atoms with Crippen LogP contribution in [0, 0.1) is 0 Å². The molecule has 1 unspecified atom stereocenters. The highest BCUT2D eigenvalue weighted by Gasteiger charge is 2.19. The molecule has 0 saturated carbocycles. The molecule has 0 radical (unpaired) electrons. The molecule has 0 aliphatic rings. The molecule has 0 aromatic carbocycles. The summed E-state index contributed by atoms with van der Waals surface area (Å²) in [6.45, 7) is 6.43. The van der Waals surface area contributed by atoms with Crippen LogP contribution in [0.1, 0.15) is 290 Å². The topological polar surface area (TPSA) is 78.9 Å². The molecule has 0 saturated heterocycles. The Labute approximate surface area is 451 Å². The SMILES string of the molecule is CC/C=C\C/C=C\C/C=C\C/C=C\C/C=C\C/C=C\CCCCCCCCC(=O)OCC(COC(=O)CCCCCCC)OC(=O)CCCCCCCCCCCCCCC/C=C\C/C=C\CCCCCCC. The summed E-state index contributed by atoms with van der Waals surface area (Å²) in [7, 11) is 0. The van der Waals surface area contributed by atoms with Crippen molar-refractivity contribution in [3.8, 4) is 0 Å². The zero-order chi connectivity index (χ0) is 52.9. The van der Waals surface area contributed by atoms with Gasteiger partial charge in [0, 0.05) is 19.3 Å². The summed E-state index contributed by atoms with van der Waals surface area (Å²) in [5.74, 6) is -0.907. The van der Waals surface area contributed by atoms with Gasteiger partial charge in [0.2, 0.25) is 0 Å². The molecule has 0 fully saturated rings. The van der Waals surface area contributed by atoms with Crippen molar-refractivity contribution >= 4 is 17.9 Å². The van der Waals surface area contributed by atoms with Crippen LogP contribution in [0.2, 0.25) is 0 Å². The standard InChI is InChI=1S/C67H114O6/c1-4-7-10-13-15-17-19-21-23-25-27-29-31-33-35-37-39-41-43-45-47-49-51-54-57-60-66(69)72-63-64(62-71-65(68)59-56-53-12-9-6-3)73-67(70)61-58-55-52-50-48-46-44-42-40-38-36-34-32-30-28-26-24-22-20-18-16-14-11-8-5-2/h7,10,15,17,20-23,26-29,33,35,39,41,64H,4-6,8-9,11-14,16,18-19,24-25,30-32,34,36-38,40,42-63H2,1-3H3/b10-7-,17-15-,22-20-,23-21-,28-26-,29-27-,35-33-,41-39-. The van der Waals surface area contributed by atoms with Gasteiger partial charge in [0.05, 0.1) is 0 Å². The van der Waals surface area contributed by atoms with E-state index in [0.29, 0.717) is 19.3 Å². The van der Waals surface area contributed by atoms with E-state index in [1.165, 1.54) is 128 Å². The Morgan fingerprint density at radius 2 is 0.534 bits per heavy atom. The number of unbranched alkanes of at least 4 members (excludes halogenated alkanes) is 28. The molecule has 0 N–H and O–H groups in total. The van der Waals surface area contributed by atoms with E-state index in [1.54, 1.807) is 0 Å². The van der Waals surface area contributed by atoms with Gasteiger partial charge in [0.25, 0.3) is 0 Å². The third-order valence-electron chi connectivity index (χ3n) is 13.1. The highest BCUT2D eigenvalue weighted by atomic mass is 16.6. The van der Waals surface area contributed by atoms with E-state index in [0.717, 1.165) is 122 Å². The van der Waals surface area contributed by atoms with Crippen LogP contribution < -0.4 is 0 Å². The maximum Gasteiger partial charge on any atom is 0.306 e. The van der Waals surface area contributed by atoms with Gasteiger partial charge in [-0.15, -0.1) is 0 Å². The Bertz CT molecular complexity index is 1440. The number of esters is 3. The maximum absolute atomic E-state index is 12.8. The molecule has 0 rings (SSSR count). The third kappa shape index (κ3) is 59.1. The molecule has 0 heterocycles. The Morgan fingerprint density at radius 1 is 0.288 bits per heavy atom. The minimum Gasteiger partial charge on any atom is -0.462 e. The number of carbonyl (C=O) groups is 3. The fourth-order valence-corrected chi connectivity index (χ4v) is 8.48. The minimum atomic E-state index is -0.782. The van der Waals surface area contributed by atoms with E-state index in [-0.39, 0.29) is 31.1 Å². The Hall–Kier alpha value is -3.67. The first-order valence-electron chi connectivity index (χ1n) is 30.7. The van der Waals surface area contributed by atoms with E-state index in [4.69, 9.17) is 14.2 Å². The van der Waals surface area contributed by atoms with E-state index in [2.05, 4.69) is 118 Å². The Kier molecular flexibility index (Phi) is 57.8. The van der Waals surface area contributed by atoms with Gasteiger partial charge in [0.1, 0.15) is 13.2 Å². The quantitative estimate of drug-likeness (QED) is 0.0261. The molecule has 0 aromatic rings. The van der Waals surface area contributed by atoms with Crippen molar-refractivity contribution in [1.29, 1.82) is 0 Å². The van der Waals surface area contributed by atoms with Crippen molar-refractivity contribution in [2.45, 2.75) is 297 Å². The molecule has 0 bridgehead atoms. The lowest BCUT2D eigenvalue weighted by Crippen LogP contribution is -2.30. The predicted molar refractivity (Wildman–Crippen MR) is 316 cm³/mol. The van der Waals surface area contributed by atoms with Crippen LogP contribution in [0.3, 0.4) is 0 Å². The summed E-state index contributed by atoms with van der Waals surface area (Å²) in [5.41, 5.74) is 0. The molecule has 0 aliphatic carbocycles. The monoisotopic (exact) mass is 1010 g/mol. The Morgan fingerprint density at radius 3 is 0.836 bits per heavy atom. The van der Waals surface area contributed by atoms with Crippen molar-refractivity contribution in [2.24, 2.45) is 0 Å². The van der Waals surface area contributed by atoms with Gasteiger partial charge in [-0.05, 0) is 103 Å². The summed E-state index contributed by atoms with van der Waals surface area (Å²) in [6, 6.07) is 0. The first-order valence-corrected chi connectivity index (χ1v) is 30.7. The van der Waals surface area contributed by atoms with Gasteiger partial charge in [-0.3, -0.25) is 14.4 Å². The number of ether oxygens (including phenoxy) is 3. The summed E-state index contributed by atoms with van der Waals surface area (Å²) in [4.78, 5) is 37.9. The number of allylic oxidation sites excluding steroid dienone is 16. The van der Waals surface area contributed by atoms with Gasteiger partial charge in [0.15, 0.2) is 6.10 Å². The molecule has 6 heteroatoms. The zero-order valence-corrected chi connectivity index (χ0v) is 47.9. The molecule has 73 heavy (non-hydrogen) atoms. The molecular weight excluding hydrogens is 901 g/mol. The van der Waals surface area contributed by atoms with Crippen molar-refractivity contribution in [1.82, 2.24) is 0 Å². The van der Waals surface area contributed by atoms with Crippen molar-refractivity contribution < 1.29 is 28.6 Å². The number of hydrogen-bond acceptors (Lipinski definition) is 6. The summed E-state index contributed by atoms with van der Waals surface area (Å²) in [6.07, 6.45) is 81.7. The average molecular weight is 1020 g/mol. The number of hydrogen-bond donors (Lipinski definition) is 0. The fraction of sp³-hybridized carbons (Fsp3) is 0.716. The second-order valence-electron chi connectivity index (χ2n) is 20.2. The van der Waals surface area contributed by atoms with Crippen LogP contribution in [0.15, 0.2) is 97.2 Å². The van der Waals surface area contributed by atoms with E-state index in [9.17, 15) is 14.4 Å². The summed E-state index contributed by atoms with van der Waals surface area (Å²) >= 11 is 0. The second-order valence-corrected chi connectivity index (χ2v) is 20.2. The van der Waals surface area contributed by atoms with Crippen LogP contribution in [0.4, 0.5) is 0 Å². The minimum absolute atomic E-state index is 0.0827. The number of rotatable bonds is 55. The first kappa shape index (κ1) is 69.3. The molecule has 1 atom stereocenters. The van der Waals surface area contributed by atoms with Crippen molar-refractivity contribution in [2.75, 3.05) is 13.2 Å². The molecule has 6 nitrogen and oxygen atoms in total. The average Bonchev–Trinajstić information content (AvgIpc) is 3.39. The van der Waals surface area contributed by atoms with Crippen LogP contribution in [0.25, 0.3) is 0 Å². The zero-order valence-electron chi connectivity index (χ0n) is 47.9. The molecule has 0 spiro atoms. The number of carbonyl (C=O) groups excluding carboxylic acids is 3. The lowest BCUT2D eigenvalue weighted by atomic mass is 10.0. The molecule has 418 valence electrons. The highest BCUT2D eigenvalue weighted by molar-refractivity contribution is 5.71. The van der Waals surface area contributed by atoms with Gasteiger partial charge in [-0.1, -0.05) is 266 Å². The maximum atomic E-state index is 12.8. The van der Waals surface area contributed by atoms with Crippen molar-refractivity contribution in [3.63, 3.8) is 0 Å². The van der Waals surface area contributed by atoms with Crippen LogP contribution >= 0.6 is 0 Å². The van der Waals surface area contributed by atoms with Crippen LogP contribution in [-0.4, -0.2) is 37.2 Å².